The van der Waals surface area contributed by atoms with Crippen LogP contribution in [0.15, 0.2) is 29.2 Å². The van der Waals surface area contributed by atoms with E-state index >= 15 is 0 Å². The van der Waals surface area contributed by atoms with Crippen LogP contribution in [0.1, 0.15) is 0 Å². The summed E-state index contributed by atoms with van der Waals surface area (Å²) in [5.41, 5.74) is 0.701. The van der Waals surface area contributed by atoms with Gasteiger partial charge in [0.2, 0.25) is 0 Å². The van der Waals surface area contributed by atoms with Gasteiger partial charge in [-0.05, 0) is 12.1 Å². The van der Waals surface area contributed by atoms with Crippen LogP contribution in [0, 0.1) is 0 Å². The highest BCUT2D eigenvalue weighted by Gasteiger charge is 2.17. The Morgan fingerprint density at radius 1 is 1.40 bits per heavy atom. The van der Waals surface area contributed by atoms with Gasteiger partial charge in [-0.25, -0.2) is 5.12 Å². The van der Waals surface area contributed by atoms with Crippen LogP contribution in [-0.4, -0.2) is 5.88 Å². The molecular weight excluding hydrogens is 149 g/mol. The summed E-state index contributed by atoms with van der Waals surface area (Å²) in [6.45, 7) is 0. The van der Waals surface area contributed by atoms with Gasteiger partial charge in [0.05, 0.1) is 5.69 Å². The molecule has 0 amide bonds. The van der Waals surface area contributed by atoms with Crippen molar-refractivity contribution in [1.82, 2.24) is 0 Å². The number of para-hydroxylation sites is 1. The Labute approximate surface area is 62.8 Å². The molecule has 3 heteroatoms. The Morgan fingerprint density at radius 3 is 3.00 bits per heavy atom. The summed E-state index contributed by atoms with van der Waals surface area (Å²) in [5, 5.41) is 0.764. The summed E-state index contributed by atoms with van der Waals surface area (Å²) in [6, 6.07) is 7.48. The van der Waals surface area contributed by atoms with E-state index in [0.717, 1.165) is 10.0 Å². The third-order valence-electron chi connectivity index (χ3n) is 1.46. The summed E-state index contributed by atoms with van der Waals surface area (Å²) in [4.78, 5) is 1.03. The Bertz CT molecular complexity index is 251. The first-order valence-electron chi connectivity index (χ1n) is 3.03. The van der Waals surface area contributed by atoms with Crippen LogP contribution in [0.25, 0.3) is 0 Å². The summed E-state index contributed by atoms with van der Waals surface area (Å²) in [5.74, 6) is 0.430. The second-order valence-corrected chi connectivity index (χ2v) is 3.09. The zero-order valence-electron chi connectivity index (χ0n) is 5.25. The van der Waals surface area contributed by atoms with E-state index in [4.69, 9.17) is 0 Å². The van der Waals surface area contributed by atoms with E-state index in [1.54, 1.807) is 6.07 Å². The second kappa shape index (κ2) is 2.16. The molecule has 1 aliphatic heterocycles. The molecule has 1 aromatic rings. The van der Waals surface area contributed by atoms with E-state index in [1.807, 2.05) is 18.2 Å². The summed E-state index contributed by atoms with van der Waals surface area (Å²) in [6.07, 6.45) is 0. The molecule has 0 unspecified atom stereocenters. The van der Waals surface area contributed by atoms with Crippen LogP contribution in [0.5, 0.6) is 0 Å². The zero-order valence-corrected chi connectivity index (χ0v) is 6.07. The number of halogens is 1. The molecule has 1 heterocycles. The normalized spacial score (nSPS) is 15.5. The first kappa shape index (κ1) is 6.04. The Morgan fingerprint density at radius 2 is 2.20 bits per heavy atom. The Hall–Kier alpha value is -0.700. The number of benzene rings is 1. The number of anilines is 1. The topological polar surface area (TPSA) is 3.24 Å². The molecule has 0 radical (unpaired) electrons. The monoisotopic (exact) mass is 155 g/mol. The fourth-order valence-corrected chi connectivity index (χ4v) is 1.86. The highest BCUT2D eigenvalue weighted by Crippen LogP contribution is 2.37. The molecule has 0 saturated carbocycles. The predicted molar refractivity (Wildman–Crippen MR) is 40.8 cm³/mol. The number of fused-ring (bicyclic) bond motifs is 1. The average Bonchev–Trinajstić information content (AvgIpc) is 2.34. The molecule has 0 bridgehead atoms. The smallest absolute Gasteiger partial charge is 0.101 e. The van der Waals surface area contributed by atoms with Gasteiger partial charge in [-0.15, -0.1) is 0 Å². The van der Waals surface area contributed by atoms with Crippen LogP contribution in [0.4, 0.5) is 10.2 Å². The van der Waals surface area contributed by atoms with Gasteiger partial charge >= 0.3 is 0 Å². The Balaban J connectivity index is 2.51. The predicted octanol–water partition coefficient (Wildman–Crippen LogP) is 2.44. The van der Waals surface area contributed by atoms with Crippen molar-refractivity contribution in [2.24, 2.45) is 0 Å². The maximum atomic E-state index is 12.7. The second-order valence-electron chi connectivity index (χ2n) is 2.10. The van der Waals surface area contributed by atoms with E-state index < -0.39 is 0 Å². The third kappa shape index (κ3) is 0.778. The van der Waals surface area contributed by atoms with Crippen LogP contribution in [0.2, 0.25) is 0 Å². The first-order valence-corrected chi connectivity index (χ1v) is 4.01. The number of nitrogens with zero attached hydrogens (tertiary/aromatic N) is 1. The maximum Gasteiger partial charge on any atom is 0.101 e. The minimum atomic E-state index is 0.430. The van der Waals surface area contributed by atoms with E-state index in [1.165, 1.54) is 11.8 Å². The molecule has 1 aliphatic rings. The van der Waals surface area contributed by atoms with Crippen molar-refractivity contribution < 1.29 is 4.48 Å². The lowest BCUT2D eigenvalue weighted by atomic mass is 10.3. The molecule has 2 rings (SSSR count). The lowest BCUT2D eigenvalue weighted by Crippen LogP contribution is -2.03. The Kier molecular flexibility index (Phi) is 1.31. The van der Waals surface area contributed by atoms with Crippen molar-refractivity contribution in [2.45, 2.75) is 4.90 Å². The van der Waals surface area contributed by atoms with Gasteiger partial charge in [0.1, 0.15) is 5.88 Å². The molecule has 0 N–H and O–H groups in total. The maximum absolute atomic E-state index is 12.7. The minimum Gasteiger partial charge on any atom is -0.200 e. The van der Waals surface area contributed by atoms with Gasteiger partial charge in [0, 0.05) is 4.90 Å². The first-order chi connectivity index (χ1) is 4.88. The number of hydrogen-bond acceptors (Lipinski definition) is 2. The molecule has 0 spiro atoms. The molecule has 0 aromatic heterocycles. The van der Waals surface area contributed by atoms with Crippen LogP contribution in [-0.2, 0) is 0 Å². The fourth-order valence-electron chi connectivity index (χ4n) is 0.975. The lowest BCUT2D eigenvalue weighted by molar-refractivity contribution is 0.469. The summed E-state index contributed by atoms with van der Waals surface area (Å²) < 4.78 is 12.7. The molecule has 52 valence electrons. The zero-order chi connectivity index (χ0) is 6.97. The van der Waals surface area contributed by atoms with E-state index in [9.17, 15) is 4.48 Å². The van der Waals surface area contributed by atoms with E-state index in [0.29, 0.717) is 11.6 Å². The fraction of sp³-hybridized carbons (Fsp3) is 0.143. The van der Waals surface area contributed by atoms with Gasteiger partial charge in [-0.3, -0.25) is 0 Å². The van der Waals surface area contributed by atoms with Crippen LogP contribution < -0.4 is 5.12 Å². The number of hydrogen-bond donors (Lipinski definition) is 0. The molecule has 0 fully saturated rings. The van der Waals surface area contributed by atoms with Crippen molar-refractivity contribution in [2.75, 3.05) is 11.0 Å². The molecule has 0 saturated heterocycles. The third-order valence-corrected chi connectivity index (χ3v) is 2.47. The lowest BCUT2D eigenvalue weighted by Gasteiger charge is -2.02. The molecule has 1 nitrogen and oxygen atoms in total. The average molecular weight is 155 g/mol. The van der Waals surface area contributed by atoms with E-state index in [-0.39, 0.29) is 0 Å². The van der Waals surface area contributed by atoms with Crippen molar-refractivity contribution in [3.63, 3.8) is 0 Å². The van der Waals surface area contributed by atoms with Gasteiger partial charge in [-0.2, -0.15) is 0 Å². The van der Waals surface area contributed by atoms with E-state index in [2.05, 4.69) is 0 Å². The molecule has 10 heavy (non-hydrogen) atoms. The largest absolute Gasteiger partial charge is 0.200 e. The van der Waals surface area contributed by atoms with Gasteiger partial charge in [0.15, 0.2) is 0 Å². The molecule has 1 aromatic carbocycles. The highest BCUT2D eigenvalue weighted by atomic mass is 32.2. The summed E-state index contributed by atoms with van der Waals surface area (Å²) in [7, 11) is 0. The number of thioether (sulfide) groups is 1. The van der Waals surface area contributed by atoms with Crippen molar-refractivity contribution in [3.8, 4) is 0 Å². The van der Waals surface area contributed by atoms with Gasteiger partial charge in [-0.1, -0.05) is 28.4 Å². The van der Waals surface area contributed by atoms with Crippen LogP contribution in [0.3, 0.4) is 0 Å². The molecular formula is C7H6FNS. The van der Waals surface area contributed by atoms with Crippen molar-refractivity contribution in [1.29, 1.82) is 0 Å². The summed E-state index contributed by atoms with van der Waals surface area (Å²) >= 11 is 1.53. The quantitative estimate of drug-likeness (QED) is 0.529. The van der Waals surface area contributed by atoms with Crippen molar-refractivity contribution >= 4 is 17.4 Å². The van der Waals surface area contributed by atoms with Crippen molar-refractivity contribution in [3.05, 3.63) is 24.3 Å². The minimum absolute atomic E-state index is 0.430. The van der Waals surface area contributed by atoms with Gasteiger partial charge < -0.3 is 0 Å². The standard InChI is InChI=1S/C7H6FNS/c8-9-5-10-7-4-2-1-3-6(7)9/h1-4H,5H2. The molecule has 0 aliphatic carbocycles. The molecule has 0 atom stereocenters. The highest BCUT2D eigenvalue weighted by molar-refractivity contribution is 7.99. The SMILES string of the molecule is FN1CSc2ccccc21. The number of rotatable bonds is 0. The van der Waals surface area contributed by atoms with Gasteiger partial charge in [0.25, 0.3) is 0 Å². The van der Waals surface area contributed by atoms with Crippen LogP contribution >= 0.6 is 11.8 Å².